The number of carbonyl (C=O) groups excluding carboxylic acids is 4. The Morgan fingerprint density at radius 3 is 1.47 bits per heavy atom. The highest BCUT2D eigenvalue weighted by Gasteiger charge is 2.42. The Balaban J connectivity index is 4.37. The molecule has 0 bridgehead atoms. The first-order valence-electron chi connectivity index (χ1n) is 8.78. The summed E-state index contributed by atoms with van der Waals surface area (Å²) in [5.41, 5.74) is 15.8. The fourth-order valence-corrected chi connectivity index (χ4v) is 2.35. The second kappa shape index (κ2) is 12.0. The van der Waals surface area contributed by atoms with Gasteiger partial charge in [-0.3, -0.25) is 19.2 Å². The summed E-state index contributed by atoms with van der Waals surface area (Å²) in [6, 6.07) is -6.06. The highest BCUT2D eigenvalue weighted by molar-refractivity contribution is 5.89. The molecule has 1 amide bonds. The number of ketones is 2. The summed E-state index contributed by atoms with van der Waals surface area (Å²) < 4.78 is 73.3. The molecule has 0 aliphatic heterocycles. The third kappa shape index (κ3) is 10.1. The van der Waals surface area contributed by atoms with Gasteiger partial charge in [0.05, 0.1) is 24.2 Å². The molecular weight excluding hydrogens is 426 g/mol. The maximum atomic E-state index is 12.2. The van der Waals surface area contributed by atoms with Crippen LogP contribution < -0.4 is 22.5 Å². The van der Waals surface area contributed by atoms with Crippen molar-refractivity contribution >= 4 is 23.8 Å². The molecule has 0 fully saturated rings. The topological polar surface area (TPSA) is 158 Å². The lowest BCUT2D eigenvalue weighted by Gasteiger charge is -2.18. The fraction of sp³-hybridized carbons (Fsp3) is 0.750. The average molecular weight is 449 g/mol. The van der Waals surface area contributed by atoms with E-state index in [9.17, 15) is 45.5 Å². The van der Waals surface area contributed by atoms with Crippen molar-refractivity contribution in [1.29, 1.82) is 0 Å². The standard InChI is InChI=1S/C16H23F6N4O4/c17-15(18,19)12(28)9(23)4-1-3-8(7-27)26-14(30)11(25)6-2-5-10(24)13(29)16(20,21)22/h8-11H,1-6,23-25H2,(H,26,30)/t8-,9?,10?,11-/m0/s1. The van der Waals surface area contributed by atoms with Crippen LogP contribution in [0.25, 0.3) is 0 Å². The van der Waals surface area contributed by atoms with E-state index in [-0.39, 0.29) is 38.5 Å². The van der Waals surface area contributed by atoms with Gasteiger partial charge in [0.25, 0.3) is 11.6 Å². The highest BCUT2D eigenvalue weighted by atomic mass is 19.4. The number of hydrogen-bond donors (Lipinski definition) is 4. The first kappa shape index (κ1) is 27.9. The zero-order valence-electron chi connectivity index (χ0n) is 15.7. The zero-order valence-corrected chi connectivity index (χ0v) is 15.7. The summed E-state index contributed by atoms with van der Waals surface area (Å²) in [5, 5.41) is 2.17. The van der Waals surface area contributed by atoms with Crippen LogP contribution >= 0.6 is 0 Å². The molecule has 4 atom stereocenters. The predicted molar refractivity (Wildman–Crippen MR) is 91.4 cm³/mol. The van der Waals surface area contributed by atoms with Crippen LogP contribution in [0.3, 0.4) is 0 Å². The second-order valence-electron chi connectivity index (χ2n) is 6.58. The first-order valence-corrected chi connectivity index (χ1v) is 8.78. The summed E-state index contributed by atoms with van der Waals surface area (Å²) >= 11 is 0. The molecule has 0 saturated heterocycles. The first-order chi connectivity index (χ1) is 13.6. The molecule has 30 heavy (non-hydrogen) atoms. The summed E-state index contributed by atoms with van der Waals surface area (Å²) in [7, 11) is 0. The molecule has 0 aromatic rings. The number of amides is 1. The fourth-order valence-electron chi connectivity index (χ4n) is 2.35. The molecule has 14 heteroatoms. The number of carbonyl (C=O) groups is 3. The van der Waals surface area contributed by atoms with Gasteiger partial charge in [-0.2, -0.15) is 26.3 Å². The van der Waals surface area contributed by atoms with Crippen LogP contribution in [-0.2, 0) is 19.2 Å². The van der Waals surface area contributed by atoms with Gasteiger partial charge in [-0.25, -0.2) is 0 Å². The van der Waals surface area contributed by atoms with E-state index in [1.165, 1.54) is 6.29 Å². The van der Waals surface area contributed by atoms with E-state index in [0.29, 0.717) is 0 Å². The van der Waals surface area contributed by atoms with Crippen molar-refractivity contribution in [3.8, 4) is 0 Å². The number of alkyl halides is 6. The molecule has 0 rings (SSSR count). The molecule has 0 saturated carbocycles. The van der Waals surface area contributed by atoms with Gasteiger partial charge in [-0.05, 0) is 38.5 Å². The van der Waals surface area contributed by atoms with Crippen LogP contribution in [0, 0.1) is 0 Å². The molecule has 7 N–H and O–H groups in total. The van der Waals surface area contributed by atoms with Gasteiger partial charge in [0.2, 0.25) is 12.2 Å². The largest absolute Gasteiger partial charge is 0.451 e. The summed E-state index contributed by atoms with van der Waals surface area (Å²) in [6.45, 7) is 0. The van der Waals surface area contributed by atoms with Crippen LogP contribution in [0.2, 0.25) is 0 Å². The molecule has 1 radical (unpaired) electrons. The Morgan fingerprint density at radius 2 is 1.10 bits per heavy atom. The van der Waals surface area contributed by atoms with Crippen molar-refractivity contribution in [2.75, 3.05) is 0 Å². The van der Waals surface area contributed by atoms with Crippen LogP contribution in [0.5, 0.6) is 0 Å². The van der Waals surface area contributed by atoms with Gasteiger partial charge in [0.1, 0.15) is 0 Å². The lowest BCUT2D eigenvalue weighted by Crippen LogP contribution is -2.46. The van der Waals surface area contributed by atoms with Gasteiger partial charge >= 0.3 is 12.4 Å². The van der Waals surface area contributed by atoms with Crippen molar-refractivity contribution in [3.63, 3.8) is 0 Å². The van der Waals surface area contributed by atoms with Crippen LogP contribution in [0.4, 0.5) is 26.3 Å². The predicted octanol–water partition coefficient (Wildman–Crippen LogP) is 0.166. The monoisotopic (exact) mass is 449 g/mol. The lowest BCUT2D eigenvalue weighted by atomic mass is 10.0. The molecule has 0 aromatic carbocycles. The zero-order chi connectivity index (χ0) is 23.7. The van der Waals surface area contributed by atoms with Gasteiger partial charge in [-0.15, -0.1) is 0 Å². The van der Waals surface area contributed by atoms with Crippen molar-refractivity contribution in [1.82, 2.24) is 5.32 Å². The van der Waals surface area contributed by atoms with Crippen molar-refractivity contribution < 1.29 is 45.5 Å². The average Bonchev–Trinajstić information content (AvgIpc) is 2.63. The normalized spacial score (nSPS) is 16.3. The van der Waals surface area contributed by atoms with E-state index < -0.39 is 54.0 Å². The highest BCUT2D eigenvalue weighted by Crippen LogP contribution is 2.20. The molecule has 0 spiro atoms. The molecule has 2 unspecified atom stereocenters. The van der Waals surface area contributed by atoms with E-state index in [2.05, 4.69) is 5.32 Å². The minimum atomic E-state index is -5.08. The molecule has 0 heterocycles. The van der Waals surface area contributed by atoms with Crippen LogP contribution in [0.15, 0.2) is 0 Å². The summed E-state index contributed by atoms with van der Waals surface area (Å²) in [6.07, 6.45) is -9.94. The summed E-state index contributed by atoms with van der Waals surface area (Å²) in [4.78, 5) is 44.6. The van der Waals surface area contributed by atoms with E-state index in [1.807, 2.05) is 0 Å². The van der Waals surface area contributed by atoms with Crippen molar-refractivity contribution in [3.05, 3.63) is 0 Å². The van der Waals surface area contributed by atoms with Crippen LogP contribution in [0.1, 0.15) is 38.5 Å². The maximum Gasteiger partial charge on any atom is 0.451 e. The Bertz CT molecular complexity index is 612. The Kier molecular flexibility index (Phi) is 11.1. The third-order valence-electron chi connectivity index (χ3n) is 4.07. The van der Waals surface area contributed by atoms with E-state index in [0.717, 1.165) is 0 Å². The number of nitrogens with two attached hydrogens (primary N) is 3. The Hall–Kier alpha value is -2.06. The molecule has 0 aromatic heterocycles. The lowest BCUT2D eigenvalue weighted by molar-refractivity contribution is -0.172. The van der Waals surface area contributed by atoms with Crippen molar-refractivity contribution in [2.24, 2.45) is 17.2 Å². The van der Waals surface area contributed by atoms with Crippen molar-refractivity contribution in [2.45, 2.75) is 75.0 Å². The minimum absolute atomic E-state index is 0.0819. The van der Waals surface area contributed by atoms with Gasteiger partial charge in [-0.1, -0.05) is 0 Å². The minimum Gasteiger partial charge on any atom is -0.344 e. The second-order valence-corrected chi connectivity index (χ2v) is 6.58. The quantitative estimate of drug-likeness (QED) is 0.292. The van der Waals surface area contributed by atoms with E-state index >= 15 is 0 Å². The third-order valence-corrected chi connectivity index (χ3v) is 4.07. The number of nitrogens with one attached hydrogen (secondary N) is 1. The molecule has 173 valence electrons. The number of Topliss-reactive ketones (excluding diaryl/α,β-unsaturated/α-hetero) is 2. The maximum absolute atomic E-state index is 12.2. The summed E-state index contributed by atoms with van der Waals surface area (Å²) in [5.74, 6) is -5.06. The number of halogens is 6. The molecular formula is C16H23F6N4O4. The van der Waals surface area contributed by atoms with Gasteiger partial charge in [0.15, 0.2) is 0 Å². The smallest absolute Gasteiger partial charge is 0.344 e. The van der Waals surface area contributed by atoms with Crippen LogP contribution in [-0.4, -0.2) is 60.3 Å². The number of hydrogen-bond acceptors (Lipinski definition) is 7. The molecule has 8 nitrogen and oxygen atoms in total. The SMILES string of the molecule is NC(CCC[C@@H]([C]=O)NC(=O)[C@@H](N)CCCC(N)C(=O)C(F)(F)F)C(=O)C(F)(F)F. The Morgan fingerprint density at radius 1 is 0.733 bits per heavy atom. The Labute approximate surface area is 167 Å². The molecule has 0 aliphatic carbocycles. The van der Waals surface area contributed by atoms with Gasteiger partial charge < -0.3 is 22.5 Å². The van der Waals surface area contributed by atoms with E-state index in [4.69, 9.17) is 17.2 Å². The van der Waals surface area contributed by atoms with Gasteiger partial charge in [0, 0.05) is 0 Å². The van der Waals surface area contributed by atoms with E-state index in [1.54, 1.807) is 0 Å². The number of rotatable bonds is 13. The molecule has 0 aliphatic rings.